The molecule has 1 aliphatic carbocycles. The summed E-state index contributed by atoms with van der Waals surface area (Å²) in [6.07, 6.45) is 0.724. The Hall–Kier alpha value is -7.10. The van der Waals surface area contributed by atoms with Gasteiger partial charge in [0.25, 0.3) is 5.91 Å². The average Bonchev–Trinajstić information content (AvgIpc) is 3.16. The lowest BCUT2D eigenvalue weighted by atomic mass is 9.90. The predicted octanol–water partition coefficient (Wildman–Crippen LogP) is 4.09. The molecule has 0 saturated heterocycles. The number of anilines is 2. The first-order valence-corrected chi connectivity index (χ1v) is 18.3. The van der Waals surface area contributed by atoms with Crippen molar-refractivity contribution in [1.82, 2.24) is 9.89 Å². The lowest BCUT2D eigenvalue weighted by molar-refractivity contribution is -0.139. The van der Waals surface area contributed by atoms with Crippen LogP contribution < -0.4 is 34.5 Å². The van der Waals surface area contributed by atoms with E-state index in [1.807, 2.05) is 50.2 Å². The van der Waals surface area contributed by atoms with Crippen LogP contribution in [0.5, 0.6) is 11.5 Å². The summed E-state index contributed by atoms with van der Waals surface area (Å²) in [7, 11) is 3.75. The van der Waals surface area contributed by atoms with Crippen LogP contribution in [0.15, 0.2) is 77.2 Å². The number of nitrogens with one attached hydrogen (secondary N) is 1. The Bertz CT molecular complexity index is 2370. The highest BCUT2D eigenvalue weighted by Crippen LogP contribution is 2.43. The molecule has 58 heavy (non-hydrogen) atoms. The topological polar surface area (TPSA) is 219 Å². The highest BCUT2D eigenvalue weighted by molar-refractivity contribution is 6.09. The van der Waals surface area contributed by atoms with Crippen LogP contribution in [0.25, 0.3) is 33.4 Å². The summed E-state index contributed by atoms with van der Waals surface area (Å²) in [6, 6.07) is 20.7. The van der Waals surface area contributed by atoms with Crippen LogP contribution >= 0.6 is 0 Å². The summed E-state index contributed by atoms with van der Waals surface area (Å²) in [4.78, 5) is 63.9. The van der Waals surface area contributed by atoms with Crippen molar-refractivity contribution in [2.24, 2.45) is 0 Å². The summed E-state index contributed by atoms with van der Waals surface area (Å²) in [5.41, 5.74) is 4.31. The quantitative estimate of drug-likeness (QED) is 0.0452. The SMILES string of the molecule is CCCNC(=O)c1ccccc1-c1c2cc(OCCOc3cc(C)ccc3N(CC(=O)O)CC(=O)O)c(=[N+](CC(=O)O)CC(=O)O)cc-2oc2cc(N(C)C)ccc12. The summed E-state index contributed by atoms with van der Waals surface area (Å²) >= 11 is 0. The van der Waals surface area contributed by atoms with E-state index >= 15 is 0 Å². The lowest BCUT2D eigenvalue weighted by Crippen LogP contribution is -2.39. The smallest absolute Gasteiger partial charge is 0.369 e. The van der Waals surface area contributed by atoms with E-state index in [-0.39, 0.29) is 47.4 Å². The first-order valence-electron chi connectivity index (χ1n) is 18.3. The second kappa shape index (κ2) is 18.7. The van der Waals surface area contributed by atoms with Crippen LogP contribution in [0.4, 0.5) is 11.4 Å². The first kappa shape index (κ1) is 42.1. The summed E-state index contributed by atoms with van der Waals surface area (Å²) in [6.45, 7) is 1.25. The zero-order valence-corrected chi connectivity index (χ0v) is 32.5. The van der Waals surface area contributed by atoms with Gasteiger partial charge in [-0.1, -0.05) is 31.2 Å². The van der Waals surface area contributed by atoms with Gasteiger partial charge in [0.15, 0.2) is 5.75 Å². The van der Waals surface area contributed by atoms with Gasteiger partial charge in [-0.25, -0.2) is 14.2 Å². The van der Waals surface area contributed by atoms with Gasteiger partial charge in [-0.15, -0.1) is 0 Å². The molecule has 0 radical (unpaired) electrons. The second-order valence-electron chi connectivity index (χ2n) is 13.6. The Morgan fingerprint density at radius 3 is 2.03 bits per heavy atom. The van der Waals surface area contributed by atoms with Crippen molar-refractivity contribution < 1.29 is 58.3 Å². The Kier molecular flexibility index (Phi) is 13.6. The second-order valence-corrected chi connectivity index (χ2v) is 13.6. The maximum absolute atomic E-state index is 13.6. The number of fused-ring (bicyclic) bond motifs is 2. The lowest BCUT2D eigenvalue weighted by Gasteiger charge is -2.24. The van der Waals surface area contributed by atoms with Gasteiger partial charge in [-0.05, 0) is 60.9 Å². The van der Waals surface area contributed by atoms with Crippen LogP contribution in [0.2, 0.25) is 0 Å². The molecule has 0 unspecified atom stereocenters. The molecule has 0 aromatic heterocycles. The Labute approximate surface area is 333 Å². The molecule has 3 aromatic rings. The number of benzene rings is 4. The van der Waals surface area contributed by atoms with Crippen molar-refractivity contribution in [1.29, 1.82) is 0 Å². The number of carbonyl (C=O) groups excluding carboxylic acids is 1. The van der Waals surface area contributed by atoms with Crippen molar-refractivity contribution in [3.05, 3.63) is 89.3 Å². The third-order valence-electron chi connectivity index (χ3n) is 8.98. The number of aryl methyl sites for hydroxylation is 1. The molecule has 0 atom stereocenters. The fourth-order valence-corrected chi connectivity index (χ4v) is 6.47. The van der Waals surface area contributed by atoms with Gasteiger partial charge in [-0.3, -0.25) is 14.4 Å². The van der Waals surface area contributed by atoms with Gasteiger partial charge >= 0.3 is 23.9 Å². The molecule has 1 heterocycles. The molecule has 3 aromatic carbocycles. The largest absolute Gasteiger partial charge is 0.488 e. The fourth-order valence-electron chi connectivity index (χ4n) is 6.47. The molecule has 2 aliphatic rings. The first-order chi connectivity index (χ1) is 27.7. The van der Waals surface area contributed by atoms with Crippen molar-refractivity contribution in [3.8, 4) is 33.9 Å². The van der Waals surface area contributed by atoms with Crippen molar-refractivity contribution in [2.75, 3.05) is 69.8 Å². The molecular weight excluding hydrogens is 752 g/mol. The molecule has 304 valence electrons. The van der Waals surface area contributed by atoms with Crippen LogP contribution in [-0.2, 0) is 19.2 Å². The third kappa shape index (κ3) is 10.2. The maximum atomic E-state index is 13.6. The fraction of sp³-hybridized carbons (Fsp3) is 0.286. The minimum Gasteiger partial charge on any atom is -0.488 e. The molecule has 1 aliphatic heterocycles. The van der Waals surface area contributed by atoms with E-state index in [0.29, 0.717) is 39.8 Å². The number of carbonyl (C=O) groups is 5. The standard InChI is InChI=1S/C42H44N4O12/c1-5-14-43-42(55)28-9-7-6-8-27(28)41-29-12-11-26(44(3)4)18-33(29)58-34-20-32(46(23-39(51)52)24-40(53)54)36(19-30(34)41)57-16-15-56-35-17-25(2)10-13-31(35)45(21-37(47)48)22-38(49)50/h6-13,17-20H,5,14-16,21-24H2,1-4H3,(H4-,43,47,48,49,50,51,52,53,54,55)/p+1. The number of aliphatic carboxylic acids is 4. The highest BCUT2D eigenvalue weighted by Gasteiger charge is 2.27. The number of ether oxygens (including phenoxy) is 2. The van der Waals surface area contributed by atoms with Crippen molar-refractivity contribution in [3.63, 3.8) is 0 Å². The zero-order chi connectivity index (χ0) is 42.1. The number of carboxylic acid groups (broad SMARTS) is 4. The highest BCUT2D eigenvalue weighted by atomic mass is 16.5. The Morgan fingerprint density at radius 2 is 1.41 bits per heavy atom. The van der Waals surface area contributed by atoms with Gasteiger partial charge in [-0.2, -0.15) is 0 Å². The molecule has 1 amide bonds. The van der Waals surface area contributed by atoms with Crippen LogP contribution in [0.1, 0.15) is 29.3 Å². The molecule has 0 spiro atoms. The minimum atomic E-state index is -1.30. The van der Waals surface area contributed by atoms with Gasteiger partial charge < -0.3 is 49.4 Å². The van der Waals surface area contributed by atoms with Crippen LogP contribution in [0, 0.1) is 6.92 Å². The maximum Gasteiger partial charge on any atom is 0.369 e. The van der Waals surface area contributed by atoms with E-state index in [1.165, 1.54) is 6.07 Å². The van der Waals surface area contributed by atoms with Crippen molar-refractivity contribution >= 4 is 52.1 Å². The monoisotopic (exact) mass is 797 g/mol. The van der Waals surface area contributed by atoms with E-state index in [9.17, 15) is 44.4 Å². The molecule has 0 fully saturated rings. The van der Waals surface area contributed by atoms with Gasteiger partial charge in [0.05, 0.1) is 11.8 Å². The molecule has 16 heteroatoms. The Balaban J connectivity index is 1.70. The van der Waals surface area contributed by atoms with Gasteiger partial charge in [0.2, 0.25) is 18.4 Å². The Morgan fingerprint density at radius 1 is 0.759 bits per heavy atom. The predicted molar refractivity (Wildman–Crippen MR) is 215 cm³/mol. The van der Waals surface area contributed by atoms with E-state index in [0.717, 1.165) is 27.1 Å². The van der Waals surface area contributed by atoms with E-state index in [2.05, 4.69) is 5.32 Å². The molecule has 0 saturated carbocycles. The third-order valence-corrected chi connectivity index (χ3v) is 8.98. The number of rotatable bonds is 19. The van der Waals surface area contributed by atoms with Crippen LogP contribution in [-0.4, -0.2) is 110 Å². The van der Waals surface area contributed by atoms with E-state index in [4.69, 9.17) is 13.9 Å². The molecule has 0 bridgehead atoms. The number of hydrogen-bond donors (Lipinski definition) is 5. The number of nitrogens with zero attached hydrogens (tertiary/aromatic N) is 3. The minimum absolute atomic E-state index is 0.0788. The van der Waals surface area contributed by atoms with E-state index < -0.39 is 50.1 Å². The average molecular weight is 798 g/mol. The normalized spacial score (nSPS) is 10.9. The number of amides is 1. The van der Waals surface area contributed by atoms with Gasteiger partial charge in [0.1, 0.15) is 43.4 Å². The number of carboxylic acids is 4. The van der Waals surface area contributed by atoms with Crippen LogP contribution in [0.3, 0.4) is 0 Å². The molecular formula is C42H45N4O12+. The number of hydrogen-bond acceptors (Lipinski definition) is 10. The van der Waals surface area contributed by atoms with Crippen molar-refractivity contribution in [2.45, 2.75) is 20.3 Å². The molecule has 5 N–H and O–H groups in total. The van der Waals surface area contributed by atoms with Gasteiger partial charge in [0, 0.05) is 54.5 Å². The summed E-state index contributed by atoms with van der Waals surface area (Å²) in [5, 5.41) is 42.3. The summed E-state index contributed by atoms with van der Waals surface area (Å²) in [5.74, 6) is -4.84. The zero-order valence-electron chi connectivity index (χ0n) is 32.5. The van der Waals surface area contributed by atoms with E-state index in [1.54, 1.807) is 49.4 Å². The summed E-state index contributed by atoms with van der Waals surface area (Å²) < 4.78 is 19.9. The molecule has 5 rings (SSSR count). The molecule has 16 nitrogen and oxygen atoms in total.